The van der Waals surface area contributed by atoms with Crippen LogP contribution < -0.4 is 4.84 Å². The van der Waals surface area contributed by atoms with Crippen molar-refractivity contribution >= 4 is 10.9 Å². The molecule has 2 aromatic rings. The quantitative estimate of drug-likeness (QED) is 0.721. The molecule has 0 spiro atoms. The van der Waals surface area contributed by atoms with Crippen LogP contribution in [-0.2, 0) is 9.47 Å². The largest absolute Gasteiger partial charge is 0.353 e. The van der Waals surface area contributed by atoms with E-state index in [2.05, 4.69) is 0 Å². The number of aromatic nitrogens is 1. The molecule has 0 unspecified atom stereocenters. The van der Waals surface area contributed by atoms with Crippen molar-refractivity contribution in [3.8, 4) is 0 Å². The fourth-order valence-corrected chi connectivity index (χ4v) is 1.62. The highest BCUT2D eigenvalue weighted by atomic mass is 16.9. The summed E-state index contributed by atoms with van der Waals surface area (Å²) < 4.78 is 12.4. The summed E-state index contributed by atoms with van der Waals surface area (Å²) in [6.07, 6.45) is 1.86. The summed E-state index contributed by atoms with van der Waals surface area (Å²) in [5.74, 6) is 0. The Kier molecular flexibility index (Phi) is 4.01. The average Bonchev–Trinajstić information content (AvgIpc) is 2.74. The van der Waals surface area contributed by atoms with Crippen LogP contribution in [0.3, 0.4) is 0 Å². The van der Waals surface area contributed by atoms with Gasteiger partial charge >= 0.3 is 6.48 Å². The van der Waals surface area contributed by atoms with Gasteiger partial charge in [0.2, 0.25) is 0 Å². The molecule has 1 aromatic carbocycles. The van der Waals surface area contributed by atoms with Crippen molar-refractivity contribution in [2.24, 2.45) is 0 Å². The number of ether oxygens (including phenoxy) is 2. The first-order valence-electron chi connectivity index (χ1n) is 5.81. The first-order chi connectivity index (χ1) is 8.35. The molecular weight excluding hydrogens is 218 g/mol. The van der Waals surface area contributed by atoms with Gasteiger partial charge in [-0.3, -0.25) is 0 Å². The van der Waals surface area contributed by atoms with E-state index in [1.54, 1.807) is 4.73 Å². The van der Waals surface area contributed by atoms with Gasteiger partial charge in [-0.25, -0.2) is 0 Å². The van der Waals surface area contributed by atoms with E-state index in [0.29, 0.717) is 13.2 Å². The number of para-hydroxylation sites is 1. The summed E-state index contributed by atoms with van der Waals surface area (Å²) in [4.78, 5) is 5.62. The molecule has 0 bridgehead atoms. The summed E-state index contributed by atoms with van der Waals surface area (Å²) >= 11 is 0. The molecule has 0 aliphatic heterocycles. The number of fused-ring (bicyclic) bond motifs is 1. The second-order valence-corrected chi connectivity index (χ2v) is 3.51. The Labute approximate surface area is 101 Å². The monoisotopic (exact) mass is 235 g/mol. The SMILES string of the molecule is CCOC(OCC)On1ccc2ccccc21. The maximum Gasteiger partial charge on any atom is 0.337 e. The van der Waals surface area contributed by atoms with E-state index in [0.717, 1.165) is 10.9 Å². The zero-order chi connectivity index (χ0) is 12.1. The summed E-state index contributed by atoms with van der Waals surface area (Å²) in [7, 11) is 0. The van der Waals surface area contributed by atoms with Crippen LogP contribution in [0.1, 0.15) is 13.8 Å². The minimum atomic E-state index is -0.666. The molecule has 0 aliphatic carbocycles. The molecule has 0 saturated heterocycles. The number of benzene rings is 1. The van der Waals surface area contributed by atoms with E-state index in [9.17, 15) is 0 Å². The van der Waals surface area contributed by atoms with Crippen LogP contribution in [-0.4, -0.2) is 24.4 Å². The van der Waals surface area contributed by atoms with Gasteiger partial charge in [-0.15, -0.1) is 0 Å². The standard InChI is InChI=1S/C13H17NO3/c1-3-15-13(16-4-2)17-14-10-9-11-7-5-6-8-12(11)14/h5-10,13H,3-4H2,1-2H3. The lowest BCUT2D eigenvalue weighted by Crippen LogP contribution is -2.30. The Morgan fingerprint density at radius 3 is 2.47 bits per heavy atom. The Morgan fingerprint density at radius 2 is 1.76 bits per heavy atom. The maximum absolute atomic E-state index is 5.62. The summed E-state index contributed by atoms with van der Waals surface area (Å²) in [6.45, 7) is 4.24. The van der Waals surface area contributed by atoms with E-state index in [-0.39, 0.29) is 0 Å². The fraction of sp³-hybridized carbons (Fsp3) is 0.385. The second-order valence-electron chi connectivity index (χ2n) is 3.51. The summed E-state index contributed by atoms with van der Waals surface area (Å²) in [5.41, 5.74) is 0.997. The Hall–Kier alpha value is -1.52. The van der Waals surface area contributed by atoms with Gasteiger partial charge in [-0.05, 0) is 26.0 Å². The van der Waals surface area contributed by atoms with Gasteiger partial charge in [-0.2, -0.15) is 4.73 Å². The van der Waals surface area contributed by atoms with Crippen LogP contribution in [0.15, 0.2) is 36.5 Å². The van der Waals surface area contributed by atoms with E-state index < -0.39 is 6.48 Å². The van der Waals surface area contributed by atoms with Crippen LogP contribution in [0, 0.1) is 0 Å². The van der Waals surface area contributed by atoms with Crippen molar-refractivity contribution in [2.75, 3.05) is 13.2 Å². The minimum absolute atomic E-state index is 0.546. The molecule has 92 valence electrons. The molecule has 0 N–H and O–H groups in total. The minimum Gasteiger partial charge on any atom is -0.353 e. The topological polar surface area (TPSA) is 32.6 Å². The van der Waals surface area contributed by atoms with Crippen LogP contribution in [0.2, 0.25) is 0 Å². The van der Waals surface area contributed by atoms with Crippen LogP contribution in [0.25, 0.3) is 10.9 Å². The van der Waals surface area contributed by atoms with Gasteiger partial charge in [0.15, 0.2) is 0 Å². The Bertz CT molecular complexity index is 460. The van der Waals surface area contributed by atoms with E-state index in [4.69, 9.17) is 14.3 Å². The molecule has 4 heteroatoms. The van der Waals surface area contributed by atoms with Crippen molar-refractivity contribution in [3.05, 3.63) is 36.5 Å². The number of hydrogen-bond donors (Lipinski definition) is 0. The molecule has 4 nitrogen and oxygen atoms in total. The third-order valence-electron chi connectivity index (χ3n) is 2.37. The van der Waals surface area contributed by atoms with Gasteiger partial charge in [0.25, 0.3) is 0 Å². The second kappa shape index (κ2) is 5.70. The Morgan fingerprint density at radius 1 is 1.06 bits per heavy atom. The number of nitrogens with zero attached hydrogens (tertiary/aromatic N) is 1. The molecule has 1 heterocycles. The van der Waals surface area contributed by atoms with E-state index in [1.807, 2.05) is 50.4 Å². The number of hydrogen-bond acceptors (Lipinski definition) is 3. The lowest BCUT2D eigenvalue weighted by atomic mass is 10.3. The predicted molar refractivity (Wildman–Crippen MR) is 65.6 cm³/mol. The zero-order valence-electron chi connectivity index (χ0n) is 10.1. The highest BCUT2D eigenvalue weighted by molar-refractivity contribution is 5.79. The Balaban J connectivity index is 2.15. The molecule has 0 fully saturated rings. The normalized spacial score (nSPS) is 11.2. The van der Waals surface area contributed by atoms with Crippen LogP contribution in [0.4, 0.5) is 0 Å². The van der Waals surface area contributed by atoms with Crippen molar-refractivity contribution in [2.45, 2.75) is 20.3 Å². The lowest BCUT2D eigenvalue weighted by Gasteiger charge is -2.18. The first-order valence-corrected chi connectivity index (χ1v) is 5.81. The van der Waals surface area contributed by atoms with Gasteiger partial charge in [-0.1, -0.05) is 18.2 Å². The molecular formula is C13H17NO3. The molecule has 0 aliphatic rings. The molecule has 17 heavy (non-hydrogen) atoms. The van der Waals surface area contributed by atoms with Crippen LogP contribution in [0.5, 0.6) is 0 Å². The molecule has 0 atom stereocenters. The van der Waals surface area contributed by atoms with Crippen molar-refractivity contribution < 1.29 is 14.3 Å². The average molecular weight is 235 g/mol. The van der Waals surface area contributed by atoms with Crippen molar-refractivity contribution in [1.29, 1.82) is 0 Å². The zero-order valence-corrected chi connectivity index (χ0v) is 10.1. The van der Waals surface area contributed by atoms with E-state index in [1.165, 1.54) is 0 Å². The summed E-state index contributed by atoms with van der Waals surface area (Å²) in [6, 6.07) is 9.98. The molecule has 0 radical (unpaired) electrons. The smallest absolute Gasteiger partial charge is 0.337 e. The highest BCUT2D eigenvalue weighted by Crippen LogP contribution is 2.14. The molecule has 1 aromatic heterocycles. The van der Waals surface area contributed by atoms with Crippen molar-refractivity contribution in [1.82, 2.24) is 4.73 Å². The van der Waals surface area contributed by atoms with Gasteiger partial charge in [0.1, 0.15) is 0 Å². The highest BCUT2D eigenvalue weighted by Gasteiger charge is 2.11. The fourth-order valence-electron chi connectivity index (χ4n) is 1.62. The van der Waals surface area contributed by atoms with Gasteiger partial charge in [0, 0.05) is 11.6 Å². The maximum atomic E-state index is 5.62. The van der Waals surface area contributed by atoms with Gasteiger partial charge < -0.3 is 14.3 Å². The van der Waals surface area contributed by atoms with Crippen molar-refractivity contribution in [3.63, 3.8) is 0 Å². The third-order valence-corrected chi connectivity index (χ3v) is 2.37. The molecule has 2 rings (SSSR count). The molecule has 0 amide bonds. The van der Waals surface area contributed by atoms with Crippen LogP contribution >= 0.6 is 0 Å². The predicted octanol–water partition coefficient (Wildman–Crippen LogP) is 2.43. The third kappa shape index (κ3) is 2.78. The lowest BCUT2D eigenvalue weighted by molar-refractivity contribution is -0.282. The van der Waals surface area contributed by atoms with E-state index >= 15 is 0 Å². The molecule has 0 saturated carbocycles. The van der Waals surface area contributed by atoms with Gasteiger partial charge in [0.05, 0.1) is 18.7 Å². The number of rotatable bonds is 6. The first kappa shape index (κ1) is 12.0. The summed E-state index contributed by atoms with van der Waals surface area (Å²) in [5, 5.41) is 1.12.